The zero-order chi connectivity index (χ0) is 56.2. The molecule has 1 aromatic heterocycles. The van der Waals surface area contributed by atoms with Crippen LogP contribution in [0.3, 0.4) is 0 Å². The number of rotatable bonds is 9. The second-order valence-electron chi connectivity index (χ2n) is 20.9. The highest BCUT2D eigenvalue weighted by molar-refractivity contribution is 6.11. The summed E-state index contributed by atoms with van der Waals surface area (Å²) in [6.07, 6.45) is 0. The molecule has 1 spiro atoms. The topological polar surface area (TPSA) is 11.4 Å². The first-order chi connectivity index (χ1) is 41.4. The highest BCUT2D eigenvalue weighted by Crippen LogP contribution is 2.63. The highest BCUT2D eigenvalue weighted by atomic mass is 15.2. The lowest BCUT2D eigenvalue weighted by molar-refractivity contribution is 0.793. The van der Waals surface area contributed by atoms with E-state index < -0.39 is 5.41 Å². The molecule has 0 bridgehead atoms. The summed E-state index contributed by atoms with van der Waals surface area (Å²) in [5, 5.41) is 4.22. The molecule has 2 aliphatic carbocycles. The molecule has 0 radical (unpaired) electrons. The third kappa shape index (κ3) is 7.01. The van der Waals surface area contributed by atoms with Crippen LogP contribution in [-0.2, 0) is 5.41 Å². The predicted molar refractivity (Wildman–Crippen MR) is 335 cm³/mol. The largest absolute Gasteiger partial charge is 0.310 e. The summed E-state index contributed by atoms with van der Waals surface area (Å²) in [7, 11) is 0. The quantitative estimate of drug-likeness (QED) is 0.143. The summed E-state index contributed by atoms with van der Waals surface area (Å²) in [6.45, 7) is 0. The van der Waals surface area contributed by atoms with Gasteiger partial charge < -0.3 is 14.4 Å². The van der Waals surface area contributed by atoms with Gasteiger partial charge in [0.1, 0.15) is 0 Å². The van der Waals surface area contributed by atoms with E-state index in [0.29, 0.717) is 5.56 Å². The molecule has 14 aromatic rings. The zero-order valence-electron chi connectivity index (χ0n) is 47.5. The molecule has 1 heterocycles. The molecule has 2 aliphatic rings. The van der Waals surface area contributed by atoms with Crippen molar-refractivity contribution in [3.8, 4) is 50.2 Å². The Kier molecular flexibility index (Phi) is 9.55. The van der Waals surface area contributed by atoms with E-state index in [1.165, 1.54) is 44.2 Å². The molecule has 0 saturated carbocycles. The maximum Gasteiger partial charge on any atom is 0.0726 e. The first-order valence-corrected chi connectivity index (χ1v) is 27.3. The Morgan fingerprint density at radius 2 is 0.800 bits per heavy atom. The van der Waals surface area contributed by atoms with Gasteiger partial charge in [0.05, 0.1) is 27.6 Å². The van der Waals surface area contributed by atoms with Crippen molar-refractivity contribution >= 4 is 66.7 Å². The normalized spacial score (nSPS) is 13.3. The van der Waals surface area contributed by atoms with Crippen molar-refractivity contribution in [1.82, 2.24) is 4.57 Å². The molecular weight excluding hydrogens is 967 g/mol. The Labute approximate surface area is 471 Å². The molecule has 80 heavy (non-hydrogen) atoms. The van der Waals surface area contributed by atoms with Crippen LogP contribution in [0.2, 0.25) is 0 Å². The number of benzene rings is 13. The van der Waals surface area contributed by atoms with E-state index in [-0.39, 0.29) is 35.4 Å². The molecule has 0 atom stereocenters. The summed E-state index contributed by atoms with van der Waals surface area (Å²) in [5.41, 5.74) is 19.8. The zero-order valence-corrected chi connectivity index (χ0v) is 43.5. The Morgan fingerprint density at radius 1 is 0.287 bits per heavy atom. The lowest BCUT2D eigenvalue weighted by Gasteiger charge is -2.32. The van der Waals surface area contributed by atoms with Crippen molar-refractivity contribution in [3.63, 3.8) is 0 Å². The standard InChI is InChI=1S/C77H51N3/c1-4-20-53(21-5-1)63-26-13-18-34-74(63)79(62-45-47-69-68-30-14-19-35-75(68)80(76(69)51-62)58-24-8-3-9-25-58)60-43-40-55-48-54(36-37-56(55)49-60)52-38-41-59(42-39-52)78(57-22-6-2-7-23-57)61-44-46-67-66-29-12-17-33-72(66)77(73(67)50-61)70-31-15-10-27-64(70)65-28-11-16-32-71(65)77/h1-51H/i38D,39D,41D,42D. The van der Waals surface area contributed by atoms with E-state index >= 15 is 0 Å². The van der Waals surface area contributed by atoms with Crippen molar-refractivity contribution < 1.29 is 5.48 Å². The average Bonchev–Trinajstić information content (AvgIpc) is 1.54. The Hall–Kier alpha value is -10.5. The van der Waals surface area contributed by atoms with Gasteiger partial charge in [0.15, 0.2) is 0 Å². The minimum atomic E-state index is -0.614. The Balaban J connectivity index is 0.826. The number of fused-ring (bicyclic) bond motifs is 14. The molecule has 0 unspecified atom stereocenters. The van der Waals surface area contributed by atoms with Crippen LogP contribution in [0.15, 0.2) is 309 Å². The molecule has 0 saturated heterocycles. The van der Waals surface area contributed by atoms with E-state index in [1.807, 2.05) is 59.5 Å². The molecule has 0 amide bonds. The highest BCUT2D eigenvalue weighted by Gasteiger charge is 2.51. The van der Waals surface area contributed by atoms with Gasteiger partial charge in [0.25, 0.3) is 0 Å². The van der Waals surface area contributed by atoms with Crippen LogP contribution >= 0.6 is 0 Å². The molecular formula is C77H51N3. The number of hydrogen-bond donors (Lipinski definition) is 0. The Morgan fingerprint density at radius 3 is 1.51 bits per heavy atom. The fourth-order valence-electron chi connectivity index (χ4n) is 13.2. The third-order valence-corrected chi connectivity index (χ3v) is 16.6. The van der Waals surface area contributed by atoms with Gasteiger partial charge in [-0.15, -0.1) is 0 Å². The van der Waals surface area contributed by atoms with Crippen LogP contribution in [0.1, 0.15) is 27.7 Å². The summed E-state index contributed by atoms with van der Waals surface area (Å²) in [5.74, 6) is 0. The van der Waals surface area contributed by atoms with E-state index in [1.54, 1.807) is 0 Å². The number of aromatic nitrogens is 1. The van der Waals surface area contributed by atoms with Crippen LogP contribution in [0.5, 0.6) is 0 Å². The fourth-order valence-corrected chi connectivity index (χ4v) is 13.2. The van der Waals surface area contributed by atoms with E-state index in [2.05, 4.69) is 240 Å². The first kappa shape index (κ1) is 41.7. The average molecular weight is 1020 g/mol. The third-order valence-electron chi connectivity index (χ3n) is 16.6. The summed E-state index contributed by atoms with van der Waals surface area (Å²) >= 11 is 0. The lowest BCUT2D eigenvalue weighted by Crippen LogP contribution is -2.26. The molecule has 16 rings (SSSR count). The monoisotopic (exact) mass is 1020 g/mol. The van der Waals surface area contributed by atoms with Crippen LogP contribution in [0.25, 0.3) is 82.8 Å². The molecule has 0 N–H and O–H groups in total. The molecule has 13 aromatic carbocycles. The van der Waals surface area contributed by atoms with Crippen molar-refractivity contribution in [3.05, 3.63) is 332 Å². The van der Waals surface area contributed by atoms with Gasteiger partial charge in [-0.3, -0.25) is 0 Å². The van der Waals surface area contributed by atoms with Crippen molar-refractivity contribution in [1.29, 1.82) is 0 Å². The van der Waals surface area contributed by atoms with Crippen LogP contribution in [0.4, 0.5) is 34.1 Å². The van der Waals surface area contributed by atoms with Crippen LogP contribution in [0, 0.1) is 0 Å². The molecule has 3 heteroatoms. The SMILES string of the molecule is [2H]c1c([2H])c(N(c2ccccc2)c2ccc3c(c2)C2(c4ccccc4-c4ccccc42)c2ccccc2-3)c([2H])c([2H])c1-c1ccc2cc(N(c3ccc4c5ccccc5n(-c5ccccc5)c4c3)c3ccccc3-c3ccccc3)ccc2c1. The number of anilines is 6. The minimum Gasteiger partial charge on any atom is -0.310 e. The van der Waals surface area contributed by atoms with Gasteiger partial charge in [-0.2, -0.15) is 0 Å². The van der Waals surface area contributed by atoms with Crippen molar-refractivity contribution in [2.24, 2.45) is 0 Å². The van der Waals surface area contributed by atoms with E-state index in [0.717, 1.165) is 78.2 Å². The molecule has 374 valence electrons. The lowest BCUT2D eigenvalue weighted by atomic mass is 9.70. The van der Waals surface area contributed by atoms with Gasteiger partial charge in [-0.05, 0) is 163 Å². The van der Waals surface area contributed by atoms with Gasteiger partial charge >= 0.3 is 0 Å². The van der Waals surface area contributed by atoms with Crippen LogP contribution in [-0.4, -0.2) is 4.57 Å². The summed E-state index contributed by atoms with van der Waals surface area (Å²) < 4.78 is 42.0. The number of hydrogen-bond acceptors (Lipinski definition) is 2. The fraction of sp³-hybridized carbons (Fsp3) is 0.0130. The Bertz CT molecular complexity index is 4880. The maximum absolute atomic E-state index is 9.95. The number of para-hydroxylation sites is 4. The predicted octanol–water partition coefficient (Wildman–Crippen LogP) is 20.6. The first-order valence-electron chi connectivity index (χ1n) is 29.3. The van der Waals surface area contributed by atoms with E-state index in [4.69, 9.17) is 0 Å². The smallest absolute Gasteiger partial charge is 0.0726 e. The number of nitrogens with zero attached hydrogens (tertiary/aromatic N) is 3. The van der Waals surface area contributed by atoms with Gasteiger partial charge in [-0.25, -0.2) is 0 Å². The van der Waals surface area contributed by atoms with Crippen molar-refractivity contribution in [2.45, 2.75) is 5.41 Å². The van der Waals surface area contributed by atoms with E-state index in [9.17, 15) is 5.48 Å². The second kappa shape index (κ2) is 18.3. The van der Waals surface area contributed by atoms with Gasteiger partial charge in [-0.1, -0.05) is 218 Å². The van der Waals surface area contributed by atoms with Gasteiger partial charge in [0, 0.05) is 50.5 Å². The maximum atomic E-state index is 9.95. The van der Waals surface area contributed by atoms with Crippen LogP contribution < -0.4 is 9.80 Å². The van der Waals surface area contributed by atoms with Crippen molar-refractivity contribution in [2.75, 3.05) is 9.80 Å². The summed E-state index contributed by atoms with van der Waals surface area (Å²) in [4.78, 5) is 4.25. The molecule has 0 fully saturated rings. The van der Waals surface area contributed by atoms with Gasteiger partial charge in [0.2, 0.25) is 0 Å². The molecule has 3 nitrogen and oxygen atoms in total. The second-order valence-corrected chi connectivity index (χ2v) is 20.9. The minimum absolute atomic E-state index is 0.112. The summed E-state index contributed by atoms with van der Waals surface area (Å²) in [6, 6.07) is 99.3. The molecule has 0 aliphatic heterocycles.